The Morgan fingerprint density at radius 3 is 2.92 bits per heavy atom. The summed E-state index contributed by atoms with van der Waals surface area (Å²) in [6, 6.07) is 4.39. The molecule has 1 amide bonds. The number of hydrogen-bond donors (Lipinski definition) is 2. The van der Waals surface area contributed by atoms with E-state index in [1.165, 1.54) is 19.5 Å². The molecule has 1 fully saturated rings. The minimum Gasteiger partial charge on any atom is -0.494 e. The predicted molar refractivity (Wildman–Crippen MR) is 91.8 cm³/mol. The van der Waals surface area contributed by atoms with Crippen molar-refractivity contribution in [2.24, 2.45) is 5.92 Å². The summed E-state index contributed by atoms with van der Waals surface area (Å²) in [7, 11) is 1.41. The number of aliphatic hydroxyl groups is 1. The third-order valence-electron chi connectivity index (χ3n) is 4.73. The molecule has 8 heteroatoms. The highest BCUT2D eigenvalue weighted by Gasteiger charge is 2.35. The van der Waals surface area contributed by atoms with Crippen molar-refractivity contribution in [3.8, 4) is 5.75 Å². The maximum Gasteiger partial charge on any atom is 0.220 e. The zero-order chi connectivity index (χ0) is 18.5. The van der Waals surface area contributed by atoms with E-state index in [9.17, 15) is 14.3 Å². The molecule has 1 saturated carbocycles. The van der Waals surface area contributed by atoms with Crippen molar-refractivity contribution in [1.29, 1.82) is 0 Å². The van der Waals surface area contributed by atoms with Gasteiger partial charge in [-0.15, -0.1) is 0 Å². The number of aliphatic hydroxyl groups excluding tert-OH is 1. The summed E-state index contributed by atoms with van der Waals surface area (Å²) in [5.74, 6) is -0.305. The Morgan fingerprint density at radius 2 is 2.31 bits per heavy atom. The number of rotatable bonds is 8. The van der Waals surface area contributed by atoms with Crippen LogP contribution in [0.1, 0.15) is 37.3 Å². The first-order chi connectivity index (χ1) is 12.6. The highest BCUT2D eigenvalue weighted by Crippen LogP contribution is 2.39. The minimum absolute atomic E-state index is 0.0945. The summed E-state index contributed by atoms with van der Waals surface area (Å²) >= 11 is 0. The van der Waals surface area contributed by atoms with Crippen LogP contribution in [0.2, 0.25) is 0 Å². The molecule has 0 saturated heterocycles. The van der Waals surface area contributed by atoms with Crippen molar-refractivity contribution in [3.63, 3.8) is 0 Å². The molecule has 0 spiro atoms. The lowest BCUT2D eigenvalue weighted by Crippen LogP contribution is -2.41. The van der Waals surface area contributed by atoms with E-state index in [0.29, 0.717) is 37.8 Å². The first kappa shape index (κ1) is 18.3. The molecule has 3 rings (SSSR count). The number of hydrogen-bond acceptors (Lipinski definition) is 5. The summed E-state index contributed by atoms with van der Waals surface area (Å²) in [6.45, 7) is 0.609. The molecule has 7 nitrogen and oxygen atoms in total. The molecule has 0 radical (unpaired) electrons. The third-order valence-corrected chi connectivity index (χ3v) is 4.73. The van der Waals surface area contributed by atoms with Crippen LogP contribution >= 0.6 is 0 Å². The minimum atomic E-state index is -0.463. The SMILES string of the molecule is COc1ccc([C@H](NC(=O)CCCn2cncn2)C2CC(O)C2)cc1F. The molecule has 2 aromatic rings. The average molecular weight is 362 g/mol. The summed E-state index contributed by atoms with van der Waals surface area (Å²) in [6.07, 6.45) is 4.87. The van der Waals surface area contributed by atoms with Gasteiger partial charge in [0.25, 0.3) is 0 Å². The van der Waals surface area contributed by atoms with Crippen molar-refractivity contribution < 1.29 is 19.0 Å². The lowest BCUT2D eigenvalue weighted by atomic mass is 9.75. The molecule has 26 heavy (non-hydrogen) atoms. The van der Waals surface area contributed by atoms with E-state index in [2.05, 4.69) is 15.4 Å². The van der Waals surface area contributed by atoms with E-state index < -0.39 is 5.82 Å². The normalized spacial score (nSPS) is 20.3. The van der Waals surface area contributed by atoms with Crippen LogP contribution in [0.15, 0.2) is 30.9 Å². The molecule has 1 atom stereocenters. The van der Waals surface area contributed by atoms with Crippen molar-refractivity contribution in [2.75, 3.05) is 7.11 Å². The molecule has 1 aliphatic rings. The second-order valence-electron chi connectivity index (χ2n) is 6.59. The van der Waals surface area contributed by atoms with Gasteiger partial charge in [0.05, 0.1) is 19.3 Å². The van der Waals surface area contributed by atoms with Gasteiger partial charge < -0.3 is 15.2 Å². The number of carbonyl (C=O) groups excluding carboxylic acids is 1. The first-order valence-electron chi connectivity index (χ1n) is 8.70. The number of aryl methyl sites for hydroxylation is 1. The standard InChI is InChI=1S/C18H23FN4O3/c1-26-16-5-4-12(9-15(16)19)18(13-7-14(24)8-13)22-17(25)3-2-6-23-11-20-10-21-23/h4-5,9-11,13-14,18,24H,2-3,6-8H2,1H3,(H,22,25)/t13?,14?,18-/m0/s1. The van der Waals surface area contributed by atoms with Crippen LogP contribution in [0.4, 0.5) is 4.39 Å². The van der Waals surface area contributed by atoms with Gasteiger partial charge in [-0.25, -0.2) is 9.37 Å². The second-order valence-corrected chi connectivity index (χ2v) is 6.59. The molecule has 2 N–H and O–H groups in total. The quantitative estimate of drug-likeness (QED) is 0.748. The fraction of sp³-hybridized carbons (Fsp3) is 0.500. The van der Waals surface area contributed by atoms with Gasteiger partial charge in [0.1, 0.15) is 12.7 Å². The number of methoxy groups -OCH3 is 1. The van der Waals surface area contributed by atoms with Gasteiger partial charge in [0.15, 0.2) is 11.6 Å². The van der Waals surface area contributed by atoms with E-state index in [1.54, 1.807) is 23.1 Å². The van der Waals surface area contributed by atoms with Crippen LogP contribution < -0.4 is 10.1 Å². The summed E-state index contributed by atoms with van der Waals surface area (Å²) in [4.78, 5) is 16.2. The van der Waals surface area contributed by atoms with Crippen LogP contribution in [-0.2, 0) is 11.3 Å². The van der Waals surface area contributed by atoms with Crippen molar-refractivity contribution in [1.82, 2.24) is 20.1 Å². The Hall–Kier alpha value is -2.48. The molecular formula is C18H23FN4O3. The fourth-order valence-corrected chi connectivity index (χ4v) is 3.25. The highest BCUT2D eigenvalue weighted by atomic mass is 19.1. The molecule has 0 unspecified atom stereocenters. The van der Waals surface area contributed by atoms with Gasteiger partial charge in [-0.2, -0.15) is 5.10 Å². The Labute approximate surface area is 151 Å². The molecule has 0 aliphatic heterocycles. The molecule has 1 aliphatic carbocycles. The van der Waals surface area contributed by atoms with E-state index in [4.69, 9.17) is 4.74 Å². The van der Waals surface area contributed by atoms with Gasteiger partial charge in [-0.3, -0.25) is 9.48 Å². The molecule has 0 bridgehead atoms. The van der Waals surface area contributed by atoms with Gasteiger partial charge >= 0.3 is 0 Å². The van der Waals surface area contributed by atoms with E-state index >= 15 is 0 Å². The lowest BCUT2D eigenvalue weighted by Gasteiger charge is -2.38. The number of ether oxygens (including phenoxy) is 1. The number of amides is 1. The fourth-order valence-electron chi connectivity index (χ4n) is 3.25. The van der Waals surface area contributed by atoms with Crippen molar-refractivity contribution in [3.05, 3.63) is 42.2 Å². The van der Waals surface area contributed by atoms with Gasteiger partial charge in [0, 0.05) is 13.0 Å². The van der Waals surface area contributed by atoms with E-state index in [0.717, 1.165) is 0 Å². The monoisotopic (exact) mass is 362 g/mol. The third kappa shape index (κ3) is 4.37. The van der Waals surface area contributed by atoms with E-state index in [-0.39, 0.29) is 29.7 Å². The Kier molecular flexibility index (Phi) is 5.82. The number of benzene rings is 1. The topological polar surface area (TPSA) is 89.3 Å². The van der Waals surface area contributed by atoms with Gasteiger partial charge in [-0.1, -0.05) is 6.07 Å². The second kappa shape index (κ2) is 8.27. The molecule has 140 valence electrons. The number of nitrogens with one attached hydrogen (secondary N) is 1. The summed E-state index contributed by atoms with van der Waals surface area (Å²) in [5.41, 5.74) is 0.685. The van der Waals surface area contributed by atoms with Crippen molar-refractivity contribution in [2.45, 2.75) is 44.4 Å². The number of carbonyl (C=O) groups is 1. The highest BCUT2D eigenvalue weighted by molar-refractivity contribution is 5.76. The average Bonchev–Trinajstić information content (AvgIpc) is 3.10. The number of nitrogens with zero attached hydrogens (tertiary/aromatic N) is 3. The van der Waals surface area contributed by atoms with Crippen LogP contribution in [0.25, 0.3) is 0 Å². The van der Waals surface area contributed by atoms with Gasteiger partial charge in [-0.05, 0) is 42.9 Å². The first-order valence-corrected chi connectivity index (χ1v) is 8.70. The maximum absolute atomic E-state index is 14.1. The smallest absolute Gasteiger partial charge is 0.220 e. The molecule has 1 heterocycles. The zero-order valence-corrected chi connectivity index (χ0v) is 14.6. The number of halogens is 1. The van der Waals surface area contributed by atoms with E-state index in [1.807, 2.05) is 0 Å². The molecule has 1 aromatic heterocycles. The van der Waals surface area contributed by atoms with Crippen LogP contribution in [-0.4, -0.2) is 39.0 Å². The predicted octanol–water partition coefficient (Wildman–Crippen LogP) is 1.83. The zero-order valence-electron chi connectivity index (χ0n) is 14.6. The lowest BCUT2D eigenvalue weighted by molar-refractivity contribution is -0.123. The van der Waals surface area contributed by atoms with Crippen LogP contribution in [0, 0.1) is 11.7 Å². The number of aromatic nitrogens is 3. The Balaban J connectivity index is 1.62. The maximum atomic E-state index is 14.1. The van der Waals surface area contributed by atoms with Crippen LogP contribution in [0.5, 0.6) is 5.75 Å². The summed E-state index contributed by atoms with van der Waals surface area (Å²) < 4.78 is 20.7. The van der Waals surface area contributed by atoms with Gasteiger partial charge in [0.2, 0.25) is 5.91 Å². The Morgan fingerprint density at radius 1 is 1.50 bits per heavy atom. The molecular weight excluding hydrogens is 339 g/mol. The Bertz CT molecular complexity index is 732. The van der Waals surface area contributed by atoms with Crippen LogP contribution in [0.3, 0.4) is 0 Å². The summed E-state index contributed by atoms with van der Waals surface area (Å²) in [5, 5.41) is 16.6. The van der Waals surface area contributed by atoms with Crippen molar-refractivity contribution >= 4 is 5.91 Å². The largest absolute Gasteiger partial charge is 0.494 e. The molecule has 1 aromatic carbocycles.